The van der Waals surface area contributed by atoms with Crippen LogP contribution in [0, 0.1) is 13.8 Å². The van der Waals surface area contributed by atoms with Gasteiger partial charge in [0.15, 0.2) is 0 Å². The van der Waals surface area contributed by atoms with E-state index in [1.54, 1.807) is 14.0 Å². The number of hydrogen-bond donors (Lipinski definition) is 2. The van der Waals surface area contributed by atoms with E-state index in [2.05, 4.69) is 10.3 Å². The second-order valence-electron chi connectivity index (χ2n) is 4.17. The Bertz CT molecular complexity index is 386. The van der Waals surface area contributed by atoms with Crippen LogP contribution in [0.25, 0.3) is 0 Å². The van der Waals surface area contributed by atoms with Crippen LogP contribution in [-0.2, 0) is 4.79 Å². The van der Waals surface area contributed by atoms with Crippen molar-refractivity contribution in [2.75, 3.05) is 12.8 Å². The average molecular weight is 257 g/mol. The molecule has 1 aromatic rings. The summed E-state index contributed by atoms with van der Waals surface area (Å²) in [4.78, 5) is 15.5. The Hall–Kier alpha value is -1.01. The van der Waals surface area contributed by atoms with Gasteiger partial charge in [-0.1, -0.05) is 11.8 Å². The molecule has 0 saturated carbocycles. The van der Waals surface area contributed by atoms with E-state index in [4.69, 9.17) is 10.2 Å². The summed E-state index contributed by atoms with van der Waals surface area (Å²) in [6.45, 7) is 5.58. The van der Waals surface area contributed by atoms with Gasteiger partial charge in [0.25, 0.3) is 5.22 Å². The van der Waals surface area contributed by atoms with Gasteiger partial charge in [-0.2, -0.15) is 0 Å². The van der Waals surface area contributed by atoms with E-state index in [1.807, 2.05) is 13.8 Å². The molecule has 17 heavy (non-hydrogen) atoms. The van der Waals surface area contributed by atoms with E-state index in [0.29, 0.717) is 11.6 Å². The number of primary amides is 1. The van der Waals surface area contributed by atoms with Gasteiger partial charge in [0.1, 0.15) is 5.76 Å². The number of oxazole rings is 1. The van der Waals surface area contributed by atoms with Gasteiger partial charge in [0.2, 0.25) is 5.91 Å². The Morgan fingerprint density at radius 1 is 1.59 bits per heavy atom. The zero-order valence-corrected chi connectivity index (χ0v) is 11.5. The first-order valence-corrected chi connectivity index (χ1v) is 6.43. The molecule has 1 heterocycles. The predicted octanol–water partition coefficient (Wildman–Crippen LogP) is 1.24. The van der Waals surface area contributed by atoms with Crippen molar-refractivity contribution in [2.45, 2.75) is 38.0 Å². The van der Waals surface area contributed by atoms with Crippen LogP contribution in [-0.4, -0.2) is 29.2 Å². The quantitative estimate of drug-likeness (QED) is 0.749. The molecule has 1 atom stereocenters. The lowest BCUT2D eigenvalue weighted by atomic mass is 9.99. The highest BCUT2D eigenvalue weighted by Gasteiger charge is 2.28. The summed E-state index contributed by atoms with van der Waals surface area (Å²) < 4.78 is 5.44. The Balaban J connectivity index is 2.49. The van der Waals surface area contributed by atoms with Crippen LogP contribution in [0.3, 0.4) is 0 Å². The molecule has 0 aliphatic rings. The SMILES string of the molecule is CNC(C)(CCSc1nc(C)c(C)o1)C(N)=O. The molecule has 1 rings (SSSR count). The summed E-state index contributed by atoms with van der Waals surface area (Å²) in [6, 6.07) is 0. The second-order valence-corrected chi connectivity index (χ2v) is 5.21. The summed E-state index contributed by atoms with van der Waals surface area (Å²) in [7, 11) is 1.73. The van der Waals surface area contributed by atoms with Crippen molar-refractivity contribution in [3.63, 3.8) is 0 Å². The summed E-state index contributed by atoms with van der Waals surface area (Å²) in [5, 5.41) is 3.58. The third-order valence-electron chi connectivity index (χ3n) is 2.93. The molecule has 0 aromatic carbocycles. The fourth-order valence-corrected chi connectivity index (χ4v) is 2.29. The Kier molecular flexibility index (Phi) is 4.59. The number of carbonyl (C=O) groups excluding carboxylic acids is 1. The molecule has 1 aromatic heterocycles. The number of aromatic nitrogens is 1. The van der Waals surface area contributed by atoms with Crippen molar-refractivity contribution in [1.29, 1.82) is 0 Å². The van der Waals surface area contributed by atoms with Crippen molar-refractivity contribution < 1.29 is 9.21 Å². The third-order valence-corrected chi connectivity index (χ3v) is 3.76. The highest BCUT2D eigenvalue weighted by molar-refractivity contribution is 7.99. The standard InChI is InChI=1S/C11H19N3O2S/c1-7-8(2)16-10(14-7)17-6-5-11(3,13-4)9(12)15/h13H,5-6H2,1-4H3,(H2,12,15). The monoisotopic (exact) mass is 257 g/mol. The number of aryl methyl sites for hydroxylation is 2. The molecule has 0 aliphatic heterocycles. The molecule has 3 N–H and O–H groups in total. The van der Waals surface area contributed by atoms with Crippen molar-refractivity contribution in [3.05, 3.63) is 11.5 Å². The van der Waals surface area contributed by atoms with E-state index in [-0.39, 0.29) is 5.91 Å². The van der Waals surface area contributed by atoms with Gasteiger partial charge in [0.05, 0.1) is 11.2 Å². The van der Waals surface area contributed by atoms with Crippen LogP contribution in [0.4, 0.5) is 0 Å². The number of amides is 1. The van der Waals surface area contributed by atoms with Gasteiger partial charge < -0.3 is 15.5 Å². The number of rotatable bonds is 6. The molecule has 5 nitrogen and oxygen atoms in total. The van der Waals surface area contributed by atoms with Crippen molar-refractivity contribution in [1.82, 2.24) is 10.3 Å². The number of carbonyl (C=O) groups is 1. The highest BCUT2D eigenvalue weighted by atomic mass is 32.2. The van der Waals surface area contributed by atoms with Crippen LogP contribution in [0.2, 0.25) is 0 Å². The van der Waals surface area contributed by atoms with Gasteiger partial charge in [-0.05, 0) is 34.2 Å². The minimum absolute atomic E-state index is 0.347. The first-order valence-electron chi connectivity index (χ1n) is 5.44. The topological polar surface area (TPSA) is 81.2 Å². The van der Waals surface area contributed by atoms with Gasteiger partial charge >= 0.3 is 0 Å². The van der Waals surface area contributed by atoms with E-state index < -0.39 is 5.54 Å². The van der Waals surface area contributed by atoms with E-state index in [1.165, 1.54) is 11.8 Å². The van der Waals surface area contributed by atoms with E-state index in [0.717, 1.165) is 17.2 Å². The van der Waals surface area contributed by atoms with E-state index in [9.17, 15) is 4.79 Å². The first kappa shape index (κ1) is 14.1. The third kappa shape index (κ3) is 3.47. The minimum atomic E-state index is -0.677. The lowest BCUT2D eigenvalue weighted by molar-refractivity contribution is -0.123. The first-order chi connectivity index (χ1) is 7.89. The molecule has 96 valence electrons. The smallest absolute Gasteiger partial charge is 0.256 e. The van der Waals surface area contributed by atoms with Gasteiger partial charge in [-0.15, -0.1) is 0 Å². The molecular weight excluding hydrogens is 238 g/mol. The van der Waals surface area contributed by atoms with Crippen molar-refractivity contribution in [2.24, 2.45) is 5.73 Å². The maximum atomic E-state index is 11.3. The molecule has 0 aliphatic carbocycles. The van der Waals surface area contributed by atoms with Crippen LogP contribution >= 0.6 is 11.8 Å². The number of nitrogens with zero attached hydrogens (tertiary/aromatic N) is 1. The number of nitrogens with two attached hydrogens (primary N) is 1. The minimum Gasteiger partial charge on any atom is -0.437 e. The Morgan fingerprint density at radius 2 is 2.24 bits per heavy atom. The van der Waals surface area contributed by atoms with Gasteiger partial charge in [-0.25, -0.2) is 4.98 Å². The van der Waals surface area contributed by atoms with Crippen molar-refractivity contribution >= 4 is 17.7 Å². The molecule has 0 bridgehead atoms. The van der Waals surface area contributed by atoms with Gasteiger partial charge in [-0.3, -0.25) is 4.79 Å². The van der Waals surface area contributed by atoms with Crippen LogP contribution in [0.5, 0.6) is 0 Å². The zero-order chi connectivity index (χ0) is 13.1. The molecule has 1 unspecified atom stereocenters. The molecular formula is C11H19N3O2S. The summed E-state index contributed by atoms with van der Waals surface area (Å²) >= 11 is 1.49. The number of likely N-dealkylation sites (N-methyl/N-ethyl adjacent to an activating group) is 1. The fraction of sp³-hybridized carbons (Fsp3) is 0.636. The fourth-order valence-electron chi connectivity index (χ4n) is 1.22. The zero-order valence-electron chi connectivity index (χ0n) is 10.7. The second kappa shape index (κ2) is 5.55. The number of hydrogen-bond acceptors (Lipinski definition) is 5. The van der Waals surface area contributed by atoms with Crippen LogP contribution in [0.1, 0.15) is 24.8 Å². The Labute approximate surface area is 106 Å². The lowest BCUT2D eigenvalue weighted by Crippen LogP contribution is -2.51. The molecule has 0 fully saturated rings. The highest BCUT2D eigenvalue weighted by Crippen LogP contribution is 2.23. The van der Waals surface area contributed by atoms with Crippen LogP contribution in [0.15, 0.2) is 9.64 Å². The van der Waals surface area contributed by atoms with E-state index >= 15 is 0 Å². The molecule has 0 spiro atoms. The molecule has 6 heteroatoms. The number of thioether (sulfide) groups is 1. The summed E-state index contributed by atoms with van der Waals surface area (Å²) in [5.74, 6) is 1.21. The largest absolute Gasteiger partial charge is 0.437 e. The normalized spacial score (nSPS) is 14.6. The van der Waals surface area contributed by atoms with Crippen LogP contribution < -0.4 is 11.1 Å². The lowest BCUT2D eigenvalue weighted by Gasteiger charge is -2.24. The summed E-state index contributed by atoms with van der Waals surface area (Å²) in [5.41, 5.74) is 5.56. The summed E-state index contributed by atoms with van der Waals surface area (Å²) in [6.07, 6.45) is 0.629. The number of nitrogens with one attached hydrogen (secondary N) is 1. The molecule has 0 saturated heterocycles. The van der Waals surface area contributed by atoms with Crippen molar-refractivity contribution in [3.8, 4) is 0 Å². The Morgan fingerprint density at radius 3 is 2.65 bits per heavy atom. The molecule has 1 amide bonds. The molecule has 0 radical (unpaired) electrons. The average Bonchev–Trinajstić information content (AvgIpc) is 2.57. The maximum Gasteiger partial charge on any atom is 0.256 e. The predicted molar refractivity (Wildman–Crippen MR) is 68.0 cm³/mol. The van der Waals surface area contributed by atoms with Gasteiger partial charge in [0, 0.05) is 5.75 Å². The maximum absolute atomic E-state index is 11.3.